The summed E-state index contributed by atoms with van der Waals surface area (Å²) >= 11 is 1.17. The minimum absolute atomic E-state index is 0.0522. The van der Waals surface area contributed by atoms with Crippen LogP contribution in [0.4, 0.5) is 5.82 Å². The number of anilines is 1. The minimum Gasteiger partial charge on any atom is -0.462 e. The van der Waals surface area contributed by atoms with E-state index in [1.165, 1.54) is 18.0 Å². The van der Waals surface area contributed by atoms with Crippen molar-refractivity contribution in [3.63, 3.8) is 0 Å². The monoisotopic (exact) mass is 326 g/mol. The largest absolute Gasteiger partial charge is 0.462 e. The first-order valence-corrected chi connectivity index (χ1v) is 8.22. The molecule has 22 heavy (non-hydrogen) atoms. The summed E-state index contributed by atoms with van der Waals surface area (Å²) in [6, 6.07) is 0.185. The summed E-state index contributed by atoms with van der Waals surface area (Å²) in [7, 11) is 0. The summed E-state index contributed by atoms with van der Waals surface area (Å²) in [4.78, 5) is 31.4. The summed E-state index contributed by atoms with van der Waals surface area (Å²) in [6.45, 7) is 6.02. The fraction of sp³-hybridized carbons (Fsp3) is 0.571. The lowest BCUT2D eigenvalue weighted by atomic mass is 10.2. The first kappa shape index (κ1) is 18.2. The Kier molecular flexibility index (Phi) is 7.65. The van der Waals surface area contributed by atoms with Gasteiger partial charge in [0.2, 0.25) is 5.91 Å². The third kappa shape index (κ3) is 5.51. The van der Waals surface area contributed by atoms with E-state index in [-0.39, 0.29) is 35.7 Å². The maximum Gasteiger partial charge on any atom is 0.343 e. The Morgan fingerprint density at radius 3 is 2.59 bits per heavy atom. The van der Waals surface area contributed by atoms with Crippen molar-refractivity contribution in [1.29, 1.82) is 0 Å². The summed E-state index contributed by atoms with van der Waals surface area (Å²) in [6.07, 6.45) is 3.11. The molecule has 122 valence electrons. The van der Waals surface area contributed by atoms with Gasteiger partial charge < -0.3 is 15.8 Å². The van der Waals surface area contributed by atoms with Gasteiger partial charge in [0.25, 0.3) is 0 Å². The lowest BCUT2D eigenvalue weighted by Crippen LogP contribution is -2.35. The van der Waals surface area contributed by atoms with Gasteiger partial charge in [0.05, 0.1) is 12.4 Å². The standard InChI is InChI=1S/C14H22N4O3S/c1-4-9(5-2)17-11(19)8-22-14-16-7-10(12(15)18-14)13(20)21-6-3/h7,9H,4-6,8H2,1-3H3,(H,17,19)(H2,15,16,18). The highest BCUT2D eigenvalue weighted by Gasteiger charge is 2.15. The number of aromatic nitrogens is 2. The highest BCUT2D eigenvalue weighted by Crippen LogP contribution is 2.17. The molecule has 0 atom stereocenters. The van der Waals surface area contributed by atoms with E-state index >= 15 is 0 Å². The van der Waals surface area contributed by atoms with Gasteiger partial charge in [-0.25, -0.2) is 14.8 Å². The smallest absolute Gasteiger partial charge is 0.343 e. The van der Waals surface area contributed by atoms with Gasteiger partial charge in [-0.2, -0.15) is 0 Å². The van der Waals surface area contributed by atoms with Crippen LogP contribution in [-0.2, 0) is 9.53 Å². The minimum atomic E-state index is -0.553. The van der Waals surface area contributed by atoms with Gasteiger partial charge in [-0.15, -0.1) is 0 Å². The van der Waals surface area contributed by atoms with Crippen LogP contribution < -0.4 is 11.1 Å². The summed E-state index contributed by atoms with van der Waals surface area (Å²) in [5.41, 5.74) is 5.85. The fourth-order valence-electron chi connectivity index (χ4n) is 1.71. The van der Waals surface area contributed by atoms with Crippen LogP contribution in [0.25, 0.3) is 0 Å². The molecule has 0 radical (unpaired) electrons. The van der Waals surface area contributed by atoms with Gasteiger partial charge in [0.15, 0.2) is 5.16 Å². The van der Waals surface area contributed by atoms with Crippen molar-refractivity contribution in [2.75, 3.05) is 18.1 Å². The Hall–Kier alpha value is -1.83. The Balaban J connectivity index is 2.59. The summed E-state index contributed by atoms with van der Waals surface area (Å²) in [5, 5.41) is 3.28. The van der Waals surface area contributed by atoms with Crippen LogP contribution in [-0.4, -0.2) is 40.2 Å². The lowest BCUT2D eigenvalue weighted by molar-refractivity contribution is -0.119. The molecule has 0 unspecified atom stereocenters. The van der Waals surface area contributed by atoms with Crippen molar-refractivity contribution in [3.05, 3.63) is 11.8 Å². The molecule has 0 saturated carbocycles. The number of nitrogens with one attached hydrogen (secondary N) is 1. The number of hydrogen-bond donors (Lipinski definition) is 2. The average Bonchev–Trinajstić information content (AvgIpc) is 2.50. The number of amides is 1. The van der Waals surface area contributed by atoms with Crippen LogP contribution in [0.2, 0.25) is 0 Å². The van der Waals surface area contributed by atoms with E-state index in [2.05, 4.69) is 15.3 Å². The number of ether oxygens (including phenoxy) is 1. The van der Waals surface area contributed by atoms with E-state index in [0.717, 1.165) is 12.8 Å². The van der Waals surface area contributed by atoms with Crippen molar-refractivity contribution in [1.82, 2.24) is 15.3 Å². The number of nitrogens with zero attached hydrogens (tertiary/aromatic N) is 2. The number of hydrogen-bond acceptors (Lipinski definition) is 7. The number of nitrogen functional groups attached to an aromatic ring is 1. The van der Waals surface area contributed by atoms with Gasteiger partial charge in [-0.05, 0) is 19.8 Å². The highest BCUT2D eigenvalue weighted by atomic mass is 32.2. The molecule has 3 N–H and O–H groups in total. The Morgan fingerprint density at radius 2 is 2.05 bits per heavy atom. The van der Waals surface area contributed by atoms with E-state index < -0.39 is 5.97 Å². The zero-order valence-corrected chi connectivity index (χ0v) is 13.9. The van der Waals surface area contributed by atoms with Crippen LogP contribution in [0.3, 0.4) is 0 Å². The Morgan fingerprint density at radius 1 is 1.36 bits per heavy atom. The highest BCUT2D eigenvalue weighted by molar-refractivity contribution is 7.99. The summed E-state index contributed by atoms with van der Waals surface area (Å²) in [5.74, 6) is -0.371. The lowest BCUT2D eigenvalue weighted by Gasteiger charge is -2.14. The Bertz CT molecular complexity index is 521. The predicted octanol–water partition coefficient (Wildman–Crippen LogP) is 1.63. The zero-order valence-electron chi connectivity index (χ0n) is 13.1. The van der Waals surface area contributed by atoms with Crippen LogP contribution in [0.5, 0.6) is 0 Å². The number of carbonyl (C=O) groups excluding carboxylic acids is 2. The van der Waals surface area contributed by atoms with Gasteiger partial charge in [0, 0.05) is 12.2 Å². The molecule has 7 nitrogen and oxygen atoms in total. The molecule has 1 rings (SSSR count). The quantitative estimate of drug-likeness (QED) is 0.425. The van der Waals surface area contributed by atoms with Crippen molar-refractivity contribution in [3.8, 4) is 0 Å². The first-order chi connectivity index (χ1) is 10.5. The molecule has 1 aromatic rings. The van der Waals surface area contributed by atoms with Crippen molar-refractivity contribution in [2.24, 2.45) is 0 Å². The second kappa shape index (κ2) is 9.24. The predicted molar refractivity (Wildman–Crippen MR) is 85.6 cm³/mol. The van der Waals surface area contributed by atoms with E-state index in [1.54, 1.807) is 6.92 Å². The van der Waals surface area contributed by atoms with Crippen LogP contribution in [0.1, 0.15) is 44.0 Å². The molecule has 0 aliphatic carbocycles. The topological polar surface area (TPSA) is 107 Å². The second-order valence-corrected chi connectivity index (χ2v) is 5.48. The van der Waals surface area contributed by atoms with Crippen LogP contribution in [0, 0.1) is 0 Å². The summed E-state index contributed by atoms with van der Waals surface area (Å²) < 4.78 is 4.85. The number of nitrogens with two attached hydrogens (primary N) is 1. The Labute approximate surface area is 134 Å². The molecule has 0 fully saturated rings. The zero-order chi connectivity index (χ0) is 16.5. The molecule has 0 aliphatic rings. The van der Waals surface area contributed by atoms with E-state index in [1.807, 2.05) is 13.8 Å². The fourth-order valence-corrected chi connectivity index (χ4v) is 2.34. The molecule has 0 aliphatic heterocycles. The molecular weight excluding hydrogens is 304 g/mol. The number of carbonyl (C=O) groups is 2. The van der Waals surface area contributed by atoms with Gasteiger partial charge >= 0.3 is 5.97 Å². The van der Waals surface area contributed by atoms with Crippen LogP contribution >= 0.6 is 11.8 Å². The molecule has 0 spiro atoms. The number of rotatable bonds is 8. The van der Waals surface area contributed by atoms with Gasteiger partial charge in [-0.3, -0.25) is 4.79 Å². The molecule has 0 saturated heterocycles. The normalized spacial score (nSPS) is 10.5. The van der Waals surface area contributed by atoms with Crippen molar-refractivity contribution < 1.29 is 14.3 Å². The molecule has 1 amide bonds. The van der Waals surface area contributed by atoms with Crippen LogP contribution in [0.15, 0.2) is 11.4 Å². The molecule has 0 bridgehead atoms. The van der Waals surface area contributed by atoms with Gasteiger partial charge in [0.1, 0.15) is 11.4 Å². The SMILES string of the molecule is CCOC(=O)c1cnc(SCC(=O)NC(CC)CC)nc1N. The molecule has 1 aromatic heterocycles. The molecule has 8 heteroatoms. The van der Waals surface area contributed by atoms with Crippen molar-refractivity contribution >= 4 is 29.5 Å². The third-order valence-corrected chi connectivity index (χ3v) is 3.84. The maximum atomic E-state index is 11.8. The first-order valence-electron chi connectivity index (χ1n) is 7.23. The average molecular weight is 326 g/mol. The van der Waals surface area contributed by atoms with E-state index in [9.17, 15) is 9.59 Å². The number of esters is 1. The third-order valence-electron chi connectivity index (χ3n) is 2.97. The molecule has 0 aromatic carbocycles. The molecular formula is C14H22N4O3S. The second-order valence-electron chi connectivity index (χ2n) is 4.54. The van der Waals surface area contributed by atoms with Gasteiger partial charge in [-0.1, -0.05) is 25.6 Å². The molecule has 1 heterocycles. The van der Waals surface area contributed by atoms with E-state index in [0.29, 0.717) is 5.16 Å². The number of thioether (sulfide) groups is 1. The van der Waals surface area contributed by atoms with Crippen molar-refractivity contribution in [2.45, 2.75) is 44.8 Å². The van der Waals surface area contributed by atoms with E-state index in [4.69, 9.17) is 10.5 Å². The maximum absolute atomic E-state index is 11.8.